The first-order valence-electron chi connectivity index (χ1n) is 15.1. The number of primary sulfonamides is 1. The summed E-state index contributed by atoms with van der Waals surface area (Å²) in [4.78, 5) is 2.11. The van der Waals surface area contributed by atoms with E-state index in [0.29, 0.717) is 26.2 Å². The fourth-order valence-corrected chi connectivity index (χ4v) is 6.48. The van der Waals surface area contributed by atoms with Crippen LogP contribution in [0.15, 0.2) is 126 Å². The number of ether oxygens (including phenoxy) is 2. The maximum atomic E-state index is 11.9. The van der Waals surface area contributed by atoms with Gasteiger partial charge in [-0.1, -0.05) is 78.9 Å². The van der Waals surface area contributed by atoms with Crippen LogP contribution in [0.2, 0.25) is 0 Å². The van der Waals surface area contributed by atoms with E-state index in [9.17, 15) is 13.5 Å². The molecule has 46 heavy (non-hydrogen) atoms. The van der Waals surface area contributed by atoms with Crippen LogP contribution in [0.25, 0.3) is 21.8 Å². The first-order valence-corrected chi connectivity index (χ1v) is 16.7. The zero-order chi connectivity index (χ0) is 32.1. The van der Waals surface area contributed by atoms with Gasteiger partial charge in [-0.2, -0.15) is 0 Å². The molecule has 0 saturated heterocycles. The highest BCUT2D eigenvalue weighted by Gasteiger charge is 2.17. The third-order valence-electron chi connectivity index (χ3n) is 8.13. The van der Waals surface area contributed by atoms with E-state index in [-0.39, 0.29) is 17.3 Å². The summed E-state index contributed by atoms with van der Waals surface area (Å²) in [6, 6.07) is 38.5. The zero-order valence-corrected chi connectivity index (χ0v) is 26.4. The van der Waals surface area contributed by atoms with E-state index < -0.39 is 16.1 Å². The predicted molar refractivity (Wildman–Crippen MR) is 181 cm³/mol. The summed E-state index contributed by atoms with van der Waals surface area (Å²) < 4.78 is 38.1. The van der Waals surface area contributed by atoms with Gasteiger partial charge < -0.3 is 19.1 Å². The van der Waals surface area contributed by atoms with Crippen LogP contribution in [-0.4, -0.2) is 42.7 Å². The van der Waals surface area contributed by atoms with E-state index in [2.05, 4.69) is 65.0 Å². The molecule has 8 nitrogen and oxygen atoms in total. The zero-order valence-electron chi connectivity index (χ0n) is 25.6. The minimum absolute atomic E-state index is 0.0676. The SMILES string of the molecule is Cn1c2ccccc2c2ccc(OCCN(Cc3ccccc3)CC(O)c3cccc(COc4ccccc4S(N)(=O)=O)c3)cc21. The molecule has 0 aliphatic carbocycles. The Morgan fingerprint density at radius 1 is 0.783 bits per heavy atom. The van der Waals surface area contributed by atoms with E-state index in [1.807, 2.05) is 48.5 Å². The van der Waals surface area contributed by atoms with Crippen molar-refractivity contribution in [3.05, 3.63) is 138 Å². The summed E-state index contributed by atoms with van der Waals surface area (Å²) in [6.07, 6.45) is -0.771. The van der Waals surface area contributed by atoms with Crippen molar-refractivity contribution in [2.45, 2.75) is 24.2 Å². The van der Waals surface area contributed by atoms with E-state index in [1.54, 1.807) is 18.2 Å². The largest absolute Gasteiger partial charge is 0.492 e. The molecule has 6 aromatic rings. The number of nitrogens with zero attached hydrogens (tertiary/aromatic N) is 2. The first-order chi connectivity index (χ1) is 22.3. The lowest BCUT2D eigenvalue weighted by Crippen LogP contribution is -2.32. The summed E-state index contributed by atoms with van der Waals surface area (Å²) in [7, 11) is -1.85. The first kappa shape index (κ1) is 31.3. The molecule has 3 N–H and O–H groups in total. The molecule has 0 radical (unpaired) electrons. The van der Waals surface area contributed by atoms with Crippen molar-refractivity contribution < 1.29 is 23.0 Å². The molecule has 1 atom stereocenters. The van der Waals surface area contributed by atoms with E-state index in [1.165, 1.54) is 22.4 Å². The number of aliphatic hydroxyl groups excluding tert-OH is 1. The summed E-state index contributed by atoms with van der Waals surface area (Å²) in [5.41, 5.74) is 4.97. The Morgan fingerprint density at radius 3 is 2.33 bits per heavy atom. The van der Waals surface area contributed by atoms with Crippen molar-refractivity contribution in [3.8, 4) is 11.5 Å². The molecular weight excluding hydrogens is 598 g/mol. The van der Waals surface area contributed by atoms with Crippen molar-refractivity contribution in [1.82, 2.24) is 9.47 Å². The average Bonchev–Trinajstić information content (AvgIpc) is 3.35. The molecule has 5 aromatic carbocycles. The van der Waals surface area contributed by atoms with Gasteiger partial charge in [-0.25, -0.2) is 13.6 Å². The normalized spacial score (nSPS) is 12.5. The number of sulfonamides is 1. The number of hydrogen-bond acceptors (Lipinski definition) is 6. The molecule has 1 heterocycles. The number of hydrogen-bond donors (Lipinski definition) is 2. The molecule has 0 amide bonds. The van der Waals surface area contributed by atoms with Gasteiger partial charge in [-0.15, -0.1) is 0 Å². The summed E-state index contributed by atoms with van der Waals surface area (Å²) >= 11 is 0. The second-order valence-corrected chi connectivity index (χ2v) is 12.9. The Balaban J connectivity index is 1.13. The van der Waals surface area contributed by atoms with Gasteiger partial charge in [0.25, 0.3) is 0 Å². The summed E-state index contributed by atoms with van der Waals surface area (Å²) in [5, 5.41) is 19.1. The Hall–Kier alpha value is -4.67. The van der Waals surface area contributed by atoms with E-state index in [4.69, 9.17) is 14.6 Å². The van der Waals surface area contributed by atoms with Crippen LogP contribution in [0.5, 0.6) is 11.5 Å². The second-order valence-electron chi connectivity index (χ2n) is 11.4. The van der Waals surface area contributed by atoms with Crippen LogP contribution < -0.4 is 14.6 Å². The number of nitrogens with two attached hydrogens (primary N) is 1. The van der Waals surface area contributed by atoms with Crippen LogP contribution in [0.1, 0.15) is 22.8 Å². The lowest BCUT2D eigenvalue weighted by Gasteiger charge is -2.26. The quantitative estimate of drug-likeness (QED) is 0.157. The molecule has 1 unspecified atom stereocenters. The molecule has 9 heteroatoms. The lowest BCUT2D eigenvalue weighted by atomic mass is 10.1. The summed E-state index contributed by atoms with van der Waals surface area (Å²) in [5.74, 6) is 0.986. The smallest absolute Gasteiger partial charge is 0.241 e. The Morgan fingerprint density at radius 2 is 1.50 bits per heavy atom. The van der Waals surface area contributed by atoms with Gasteiger partial charge in [0, 0.05) is 49.0 Å². The standard InChI is InChI=1S/C37H37N3O5S/c1-39-33-15-6-5-14-31(33)32-19-18-30(23-34(32)39)44-21-20-40(24-27-10-3-2-4-11-27)25-35(41)29-13-9-12-28(22-29)26-45-36-16-7-8-17-37(36)46(38,42)43/h2-19,22-23,35,41H,20-21,24-26H2,1H3,(H2,38,42,43). The number of para-hydroxylation sites is 2. The molecule has 1 aromatic heterocycles. The maximum absolute atomic E-state index is 11.9. The van der Waals surface area contributed by atoms with Gasteiger partial charge in [0.2, 0.25) is 10.0 Å². The Labute approximate surface area is 269 Å². The van der Waals surface area contributed by atoms with Gasteiger partial charge in [0.15, 0.2) is 0 Å². The fraction of sp³-hybridized carbons (Fsp3) is 0.189. The number of aryl methyl sites for hydroxylation is 1. The van der Waals surface area contributed by atoms with Crippen molar-refractivity contribution in [2.24, 2.45) is 12.2 Å². The molecule has 236 valence electrons. The molecule has 0 bridgehead atoms. The molecule has 0 saturated carbocycles. The third kappa shape index (κ3) is 7.24. The molecule has 6 rings (SSSR count). The molecule has 0 aliphatic rings. The highest BCUT2D eigenvalue weighted by atomic mass is 32.2. The molecule has 0 fully saturated rings. The average molecular weight is 636 g/mol. The number of rotatable bonds is 13. The third-order valence-corrected chi connectivity index (χ3v) is 9.08. The van der Waals surface area contributed by atoms with Gasteiger partial charge >= 0.3 is 0 Å². The summed E-state index contributed by atoms with van der Waals surface area (Å²) in [6.45, 7) is 2.21. The minimum atomic E-state index is -3.92. The monoisotopic (exact) mass is 635 g/mol. The van der Waals surface area contributed by atoms with Crippen molar-refractivity contribution in [1.29, 1.82) is 0 Å². The maximum Gasteiger partial charge on any atom is 0.241 e. The van der Waals surface area contributed by atoms with E-state index >= 15 is 0 Å². The second kappa shape index (κ2) is 13.8. The number of benzene rings is 5. The van der Waals surface area contributed by atoms with Crippen molar-refractivity contribution in [2.75, 3.05) is 19.7 Å². The highest BCUT2D eigenvalue weighted by Crippen LogP contribution is 2.31. The van der Waals surface area contributed by atoms with Gasteiger partial charge in [0.1, 0.15) is 29.6 Å². The number of fused-ring (bicyclic) bond motifs is 3. The number of aliphatic hydroxyl groups is 1. The lowest BCUT2D eigenvalue weighted by molar-refractivity contribution is 0.0985. The van der Waals surface area contributed by atoms with Crippen LogP contribution in [-0.2, 0) is 30.2 Å². The van der Waals surface area contributed by atoms with Gasteiger partial charge in [-0.3, -0.25) is 4.90 Å². The van der Waals surface area contributed by atoms with Crippen LogP contribution in [0, 0.1) is 0 Å². The van der Waals surface area contributed by atoms with Crippen LogP contribution >= 0.6 is 0 Å². The Bertz CT molecular complexity index is 2060. The Kier molecular flexibility index (Phi) is 9.37. The van der Waals surface area contributed by atoms with Crippen molar-refractivity contribution in [3.63, 3.8) is 0 Å². The topological polar surface area (TPSA) is 107 Å². The van der Waals surface area contributed by atoms with Gasteiger partial charge in [-0.05, 0) is 53.1 Å². The van der Waals surface area contributed by atoms with Crippen LogP contribution in [0.3, 0.4) is 0 Å². The number of aromatic nitrogens is 1. The molecule has 0 aliphatic heterocycles. The highest BCUT2D eigenvalue weighted by molar-refractivity contribution is 7.89. The fourth-order valence-electron chi connectivity index (χ4n) is 5.80. The molecular formula is C37H37N3O5S. The van der Waals surface area contributed by atoms with Crippen LogP contribution in [0.4, 0.5) is 0 Å². The van der Waals surface area contributed by atoms with E-state index in [0.717, 1.165) is 28.0 Å². The van der Waals surface area contributed by atoms with Gasteiger partial charge in [0.05, 0.1) is 11.6 Å². The minimum Gasteiger partial charge on any atom is -0.492 e. The molecule has 0 spiro atoms. The predicted octanol–water partition coefficient (Wildman–Crippen LogP) is 6.17. The van der Waals surface area contributed by atoms with Crippen molar-refractivity contribution >= 4 is 31.8 Å².